The van der Waals surface area contributed by atoms with Gasteiger partial charge in [-0.15, -0.1) is 5.10 Å². The number of rotatable bonds is 4. The van der Waals surface area contributed by atoms with Gasteiger partial charge in [0.1, 0.15) is 0 Å². The van der Waals surface area contributed by atoms with Crippen LogP contribution in [-0.4, -0.2) is 26.8 Å². The fraction of sp³-hybridized carbons (Fsp3) is 0.538. The van der Waals surface area contributed by atoms with Crippen LogP contribution in [0.25, 0.3) is 5.65 Å². The second-order valence-corrected chi connectivity index (χ2v) is 4.87. The second-order valence-electron chi connectivity index (χ2n) is 4.87. The molecule has 5 nitrogen and oxygen atoms in total. The highest BCUT2D eigenvalue weighted by Crippen LogP contribution is 2.17. The average Bonchev–Trinajstić information content (AvgIpc) is 3.00. The van der Waals surface area contributed by atoms with Crippen LogP contribution < -0.4 is 11.0 Å². The smallest absolute Gasteiger partial charge is 0.312 e. The molecule has 2 aromatic rings. The van der Waals surface area contributed by atoms with Gasteiger partial charge in [0, 0.05) is 18.8 Å². The predicted molar refractivity (Wildman–Crippen MR) is 69.7 cm³/mol. The molecular weight excluding hydrogens is 228 g/mol. The predicted octanol–water partition coefficient (Wildman–Crippen LogP) is 1.03. The lowest BCUT2D eigenvalue weighted by atomic mass is 10.2. The molecule has 1 saturated carbocycles. The van der Waals surface area contributed by atoms with E-state index in [0.717, 1.165) is 6.54 Å². The molecule has 0 atom stereocenters. The van der Waals surface area contributed by atoms with Crippen molar-refractivity contribution in [3.8, 4) is 0 Å². The maximum Gasteiger partial charge on any atom is 0.350 e. The maximum atomic E-state index is 12.0. The minimum absolute atomic E-state index is 0.0566. The molecule has 1 fully saturated rings. The highest BCUT2D eigenvalue weighted by molar-refractivity contribution is 5.35. The van der Waals surface area contributed by atoms with E-state index in [1.165, 1.54) is 30.4 Å². The van der Waals surface area contributed by atoms with Crippen LogP contribution in [0.1, 0.15) is 25.7 Å². The van der Waals surface area contributed by atoms with Gasteiger partial charge >= 0.3 is 5.69 Å². The van der Waals surface area contributed by atoms with Gasteiger partial charge in [0.2, 0.25) is 0 Å². The van der Waals surface area contributed by atoms with Crippen LogP contribution in [0.4, 0.5) is 0 Å². The Morgan fingerprint density at radius 2 is 2.17 bits per heavy atom. The van der Waals surface area contributed by atoms with Crippen LogP contribution in [0.3, 0.4) is 0 Å². The molecule has 0 spiro atoms. The molecule has 1 N–H and O–H groups in total. The third-order valence-corrected chi connectivity index (χ3v) is 3.60. The quantitative estimate of drug-likeness (QED) is 0.876. The van der Waals surface area contributed by atoms with Gasteiger partial charge in [-0.1, -0.05) is 18.9 Å². The topological polar surface area (TPSA) is 51.3 Å². The Bertz CT molecular complexity index is 580. The molecule has 0 radical (unpaired) electrons. The molecule has 0 aliphatic heterocycles. The second kappa shape index (κ2) is 4.94. The van der Waals surface area contributed by atoms with Crippen molar-refractivity contribution in [3.63, 3.8) is 0 Å². The summed E-state index contributed by atoms with van der Waals surface area (Å²) in [6.45, 7) is 1.45. The van der Waals surface area contributed by atoms with Crippen molar-refractivity contribution in [3.05, 3.63) is 34.9 Å². The molecule has 1 aliphatic carbocycles. The van der Waals surface area contributed by atoms with Crippen molar-refractivity contribution in [2.75, 3.05) is 6.54 Å². The summed E-state index contributed by atoms with van der Waals surface area (Å²) < 4.78 is 3.12. The SMILES string of the molecule is O=c1n(CCNC2CCCC2)nc2ccccn12. The van der Waals surface area contributed by atoms with E-state index >= 15 is 0 Å². The van der Waals surface area contributed by atoms with E-state index in [4.69, 9.17) is 0 Å². The van der Waals surface area contributed by atoms with Crippen molar-refractivity contribution >= 4 is 5.65 Å². The molecule has 0 amide bonds. The number of hydrogen-bond acceptors (Lipinski definition) is 3. The number of nitrogens with zero attached hydrogens (tertiary/aromatic N) is 3. The Balaban J connectivity index is 1.67. The number of nitrogens with one attached hydrogen (secondary N) is 1. The molecule has 5 heteroatoms. The minimum Gasteiger partial charge on any atom is -0.312 e. The van der Waals surface area contributed by atoms with E-state index in [1.807, 2.05) is 18.2 Å². The molecule has 0 aromatic carbocycles. The van der Waals surface area contributed by atoms with Crippen LogP contribution in [0.2, 0.25) is 0 Å². The highest BCUT2D eigenvalue weighted by atomic mass is 16.2. The zero-order valence-electron chi connectivity index (χ0n) is 10.4. The first-order valence-corrected chi connectivity index (χ1v) is 6.62. The maximum absolute atomic E-state index is 12.0. The number of fused-ring (bicyclic) bond motifs is 1. The Labute approximate surface area is 105 Å². The zero-order valence-corrected chi connectivity index (χ0v) is 10.4. The van der Waals surface area contributed by atoms with Crippen molar-refractivity contribution < 1.29 is 0 Å². The van der Waals surface area contributed by atoms with Gasteiger partial charge < -0.3 is 5.32 Å². The summed E-state index contributed by atoms with van der Waals surface area (Å²) in [5.74, 6) is 0. The summed E-state index contributed by atoms with van der Waals surface area (Å²) in [6, 6.07) is 6.22. The molecule has 3 rings (SSSR count). The van der Waals surface area contributed by atoms with E-state index in [2.05, 4.69) is 10.4 Å². The largest absolute Gasteiger partial charge is 0.350 e. The normalized spacial score (nSPS) is 16.7. The van der Waals surface area contributed by atoms with Crippen LogP contribution in [0.5, 0.6) is 0 Å². The highest BCUT2D eigenvalue weighted by Gasteiger charge is 2.14. The van der Waals surface area contributed by atoms with E-state index in [1.54, 1.807) is 10.6 Å². The lowest BCUT2D eigenvalue weighted by molar-refractivity contribution is 0.475. The molecule has 18 heavy (non-hydrogen) atoms. The van der Waals surface area contributed by atoms with Gasteiger partial charge in [-0.05, 0) is 25.0 Å². The first kappa shape index (κ1) is 11.5. The fourth-order valence-electron chi connectivity index (χ4n) is 2.62. The summed E-state index contributed by atoms with van der Waals surface area (Å²) in [7, 11) is 0. The van der Waals surface area contributed by atoms with E-state index in [-0.39, 0.29) is 5.69 Å². The number of aromatic nitrogens is 3. The number of hydrogen-bond donors (Lipinski definition) is 1. The molecule has 96 valence electrons. The molecule has 0 saturated heterocycles. The standard InChI is InChI=1S/C13H18N4O/c18-13-16-9-4-3-7-12(16)15-17(13)10-8-14-11-5-1-2-6-11/h3-4,7,9,11,14H,1-2,5-6,8,10H2. The van der Waals surface area contributed by atoms with E-state index in [0.29, 0.717) is 18.2 Å². The Morgan fingerprint density at radius 3 is 2.94 bits per heavy atom. The third-order valence-electron chi connectivity index (χ3n) is 3.60. The molecule has 2 aromatic heterocycles. The van der Waals surface area contributed by atoms with Crippen molar-refractivity contribution in [2.45, 2.75) is 38.3 Å². The summed E-state index contributed by atoms with van der Waals surface area (Å²) >= 11 is 0. The van der Waals surface area contributed by atoms with Gasteiger partial charge in [0.25, 0.3) is 0 Å². The minimum atomic E-state index is -0.0566. The third kappa shape index (κ3) is 2.18. The van der Waals surface area contributed by atoms with Gasteiger partial charge in [-0.3, -0.25) is 4.40 Å². The van der Waals surface area contributed by atoms with Crippen molar-refractivity contribution in [2.24, 2.45) is 0 Å². The van der Waals surface area contributed by atoms with Gasteiger partial charge in [-0.25, -0.2) is 9.48 Å². The average molecular weight is 246 g/mol. The van der Waals surface area contributed by atoms with Gasteiger partial charge in [-0.2, -0.15) is 0 Å². The van der Waals surface area contributed by atoms with Crippen LogP contribution in [0.15, 0.2) is 29.2 Å². The lowest BCUT2D eigenvalue weighted by Crippen LogP contribution is -2.32. The number of pyridine rings is 1. The molecular formula is C13H18N4O. The van der Waals surface area contributed by atoms with Gasteiger partial charge in [0.15, 0.2) is 5.65 Å². The van der Waals surface area contributed by atoms with E-state index < -0.39 is 0 Å². The zero-order chi connectivity index (χ0) is 12.4. The molecule has 1 aliphatic rings. The molecule has 2 heterocycles. The summed E-state index contributed by atoms with van der Waals surface area (Å²) in [4.78, 5) is 12.0. The Kier molecular flexibility index (Phi) is 3.15. The van der Waals surface area contributed by atoms with Crippen molar-refractivity contribution in [1.82, 2.24) is 19.5 Å². The lowest BCUT2D eigenvalue weighted by Gasteiger charge is -2.10. The monoisotopic (exact) mass is 246 g/mol. The summed E-state index contributed by atoms with van der Waals surface area (Å²) in [5.41, 5.74) is 0.655. The molecule has 0 bridgehead atoms. The van der Waals surface area contributed by atoms with Crippen LogP contribution >= 0.6 is 0 Å². The first-order chi connectivity index (χ1) is 8.84. The van der Waals surface area contributed by atoms with E-state index in [9.17, 15) is 4.79 Å². The fourth-order valence-corrected chi connectivity index (χ4v) is 2.62. The van der Waals surface area contributed by atoms with Crippen molar-refractivity contribution in [1.29, 1.82) is 0 Å². The Morgan fingerprint density at radius 1 is 1.33 bits per heavy atom. The first-order valence-electron chi connectivity index (χ1n) is 6.62. The van der Waals surface area contributed by atoms with Crippen LogP contribution in [0, 0.1) is 0 Å². The summed E-state index contributed by atoms with van der Waals surface area (Å²) in [6.07, 6.45) is 6.93. The Hall–Kier alpha value is -1.62. The van der Waals surface area contributed by atoms with Crippen LogP contribution in [-0.2, 0) is 6.54 Å². The summed E-state index contributed by atoms with van der Waals surface area (Å²) in [5, 5.41) is 7.80. The molecule has 0 unspecified atom stereocenters. The van der Waals surface area contributed by atoms with Gasteiger partial charge in [0.05, 0.1) is 6.54 Å².